The van der Waals surface area contributed by atoms with E-state index in [-0.39, 0.29) is 17.9 Å². The zero-order chi connectivity index (χ0) is 26.0. The van der Waals surface area contributed by atoms with Crippen molar-refractivity contribution in [3.8, 4) is 28.8 Å². The average molecular weight is 494 g/mol. The highest BCUT2D eigenvalue weighted by molar-refractivity contribution is 5.97. The minimum atomic E-state index is -0.736. The molecule has 0 radical (unpaired) electrons. The van der Waals surface area contributed by atoms with Crippen LogP contribution in [0.15, 0.2) is 85.2 Å². The van der Waals surface area contributed by atoms with Crippen molar-refractivity contribution in [2.75, 3.05) is 12.4 Å². The third-order valence-electron chi connectivity index (χ3n) is 5.26. The van der Waals surface area contributed by atoms with Crippen LogP contribution in [0.4, 0.5) is 10.6 Å². The van der Waals surface area contributed by atoms with Gasteiger partial charge >= 0.3 is 6.03 Å². The molecule has 0 fully saturated rings. The molecule has 0 aliphatic heterocycles. The molecule has 0 spiro atoms. The molecule has 2 heterocycles. The highest BCUT2D eigenvalue weighted by atomic mass is 16.5. The van der Waals surface area contributed by atoms with Gasteiger partial charge in [0.15, 0.2) is 0 Å². The number of nitrogens with one attached hydrogen (secondary N) is 3. The van der Waals surface area contributed by atoms with Gasteiger partial charge in [0.05, 0.1) is 12.8 Å². The molecule has 0 bridgehead atoms. The summed E-state index contributed by atoms with van der Waals surface area (Å²) in [5, 5.41) is 14.5. The predicted molar refractivity (Wildman–Crippen MR) is 138 cm³/mol. The maximum Gasteiger partial charge on any atom is 0.320 e. The minimum absolute atomic E-state index is 0.118. The molecule has 2 aromatic carbocycles. The fourth-order valence-electron chi connectivity index (χ4n) is 3.43. The van der Waals surface area contributed by atoms with Gasteiger partial charge in [0.1, 0.15) is 11.6 Å². The van der Waals surface area contributed by atoms with Crippen molar-refractivity contribution in [1.29, 1.82) is 0 Å². The third-order valence-corrected chi connectivity index (χ3v) is 5.26. The summed E-state index contributed by atoms with van der Waals surface area (Å²) in [6.45, 7) is 0.223. The molecule has 0 aliphatic carbocycles. The van der Waals surface area contributed by atoms with Crippen LogP contribution in [0.25, 0.3) is 11.3 Å². The van der Waals surface area contributed by atoms with Gasteiger partial charge in [0.2, 0.25) is 0 Å². The Balaban J connectivity index is 1.52. The molecule has 4 N–H and O–H groups in total. The number of benzene rings is 2. The number of nitrogens with zero attached hydrogens (tertiary/aromatic N) is 2. The van der Waals surface area contributed by atoms with Crippen LogP contribution < -0.4 is 20.9 Å². The molecule has 0 unspecified atom stereocenters. The lowest BCUT2D eigenvalue weighted by molar-refractivity contribution is 0.0706. The molecule has 2 aromatic heterocycles. The molecular formula is C28H23N5O4. The van der Waals surface area contributed by atoms with Crippen molar-refractivity contribution in [3.63, 3.8) is 0 Å². The number of anilines is 1. The molecule has 9 nitrogen and oxygen atoms in total. The number of ether oxygens (including phenoxy) is 1. The topological polar surface area (TPSA) is 125 Å². The van der Waals surface area contributed by atoms with Gasteiger partial charge < -0.3 is 10.1 Å². The molecule has 184 valence electrons. The lowest BCUT2D eigenvalue weighted by atomic mass is 10.1. The molecule has 37 heavy (non-hydrogen) atoms. The van der Waals surface area contributed by atoms with Gasteiger partial charge in [-0.25, -0.2) is 15.3 Å². The van der Waals surface area contributed by atoms with E-state index in [9.17, 15) is 9.59 Å². The minimum Gasteiger partial charge on any atom is -0.496 e. The van der Waals surface area contributed by atoms with Gasteiger partial charge in [-0.15, -0.1) is 0 Å². The summed E-state index contributed by atoms with van der Waals surface area (Å²) < 4.78 is 5.30. The van der Waals surface area contributed by atoms with E-state index in [1.165, 1.54) is 12.1 Å². The maximum absolute atomic E-state index is 12.5. The maximum atomic E-state index is 12.5. The second kappa shape index (κ2) is 12.0. The van der Waals surface area contributed by atoms with E-state index in [2.05, 4.69) is 32.4 Å². The van der Waals surface area contributed by atoms with Crippen LogP contribution in [0.2, 0.25) is 0 Å². The molecule has 0 saturated heterocycles. The Kier molecular flexibility index (Phi) is 8.06. The van der Waals surface area contributed by atoms with E-state index in [0.717, 1.165) is 16.7 Å². The quantitative estimate of drug-likeness (QED) is 0.183. The summed E-state index contributed by atoms with van der Waals surface area (Å²) in [4.78, 5) is 33.2. The molecule has 9 heteroatoms. The van der Waals surface area contributed by atoms with Crippen molar-refractivity contribution >= 4 is 17.8 Å². The van der Waals surface area contributed by atoms with Crippen LogP contribution in [-0.2, 0) is 6.54 Å². The molecule has 4 aromatic rings. The number of hydrogen-bond donors (Lipinski definition) is 4. The first-order valence-electron chi connectivity index (χ1n) is 11.2. The molecule has 0 aliphatic rings. The summed E-state index contributed by atoms with van der Waals surface area (Å²) in [5.74, 6) is 6.16. The third kappa shape index (κ3) is 6.69. The normalized spacial score (nSPS) is 10.0. The number of urea groups is 1. The first-order valence-corrected chi connectivity index (χ1v) is 11.2. The smallest absolute Gasteiger partial charge is 0.320 e. The second-order valence-corrected chi connectivity index (χ2v) is 7.76. The largest absolute Gasteiger partial charge is 0.496 e. The summed E-state index contributed by atoms with van der Waals surface area (Å²) in [6.07, 6.45) is 3.37. The number of methoxy groups -OCH3 is 1. The van der Waals surface area contributed by atoms with Crippen LogP contribution in [0.3, 0.4) is 0 Å². The number of aromatic nitrogens is 2. The fourth-order valence-corrected chi connectivity index (χ4v) is 3.43. The van der Waals surface area contributed by atoms with Gasteiger partial charge in [-0.3, -0.25) is 20.3 Å². The number of pyridine rings is 2. The predicted octanol–water partition coefficient (Wildman–Crippen LogP) is 3.99. The summed E-state index contributed by atoms with van der Waals surface area (Å²) >= 11 is 0. The van der Waals surface area contributed by atoms with Crippen molar-refractivity contribution in [2.24, 2.45) is 0 Å². The molecule has 4 rings (SSSR count). The summed E-state index contributed by atoms with van der Waals surface area (Å²) in [5.41, 5.74) is 5.23. The van der Waals surface area contributed by atoms with Crippen molar-refractivity contribution in [2.45, 2.75) is 6.54 Å². The van der Waals surface area contributed by atoms with E-state index in [1.54, 1.807) is 31.0 Å². The van der Waals surface area contributed by atoms with Crippen LogP contribution in [0, 0.1) is 11.8 Å². The van der Waals surface area contributed by atoms with E-state index < -0.39 is 11.9 Å². The first kappa shape index (κ1) is 24.9. The Morgan fingerprint density at radius 3 is 2.49 bits per heavy atom. The highest BCUT2D eigenvalue weighted by Crippen LogP contribution is 2.22. The SMILES string of the molecule is COc1ccccc1CNC(=O)Nc1cc(C(=O)NO)cc(-c2ccc(C#Cc3cccnc3)cc2)n1. The number of carbonyl (C=O) groups is 2. The Hall–Kier alpha value is -5.20. The monoisotopic (exact) mass is 493 g/mol. The number of rotatable bonds is 6. The highest BCUT2D eigenvalue weighted by Gasteiger charge is 2.13. The fraction of sp³-hybridized carbons (Fsp3) is 0.0714. The van der Waals surface area contributed by atoms with E-state index in [4.69, 9.17) is 9.94 Å². The average Bonchev–Trinajstić information content (AvgIpc) is 2.95. The zero-order valence-corrected chi connectivity index (χ0v) is 19.9. The van der Waals surface area contributed by atoms with Crippen LogP contribution >= 0.6 is 0 Å². The van der Waals surface area contributed by atoms with Crippen LogP contribution in [-0.4, -0.2) is 34.2 Å². The number of hydrogen-bond acceptors (Lipinski definition) is 6. The van der Waals surface area contributed by atoms with E-state index in [0.29, 0.717) is 17.0 Å². The summed E-state index contributed by atoms with van der Waals surface area (Å²) in [6, 6.07) is 20.6. The lowest BCUT2D eigenvalue weighted by Gasteiger charge is -2.12. The first-order chi connectivity index (χ1) is 18.1. The zero-order valence-electron chi connectivity index (χ0n) is 19.9. The van der Waals surface area contributed by atoms with Crippen molar-refractivity contribution in [3.05, 3.63) is 107 Å². The van der Waals surface area contributed by atoms with Crippen molar-refractivity contribution in [1.82, 2.24) is 20.8 Å². The van der Waals surface area contributed by atoms with Gasteiger partial charge in [0, 0.05) is 46.8 Å². The van der Waals surface area contributed by atoms with Gasteiger partial charge in [-0.1, -0.05) is 42.2 Å². The number of hydroxylamine groups is 1. The van der Waals surface area contributed by atoms with Crippen LogP contribution in [0.1, 0.15) is 27.0 Å². The second-order valence-electron chi connectivity index (χ2n) is 7.76. The lowest BCUT2D eigenvalue weighted by Crippen LogP contribution is -2.29. The molecule has 3 amide bonds. The Morgan fingerprint density at radius 2 is 1.76 bits per heavy atom. The van der Waals surface area contributed by atoms with Gasteiger partial charge in [0.25, 0.3) is 5.91 Å². The Bertz CT molecular complexity index is 1460. The Labute approximate surface area is 213 Å². The van der Waals surface area contributed by atoms with E-state index in [1.807, 2.05) is 54.6 Å². The van der Waals surface area contributed by atoms with E-state index >= 15 is 0 Å². The van der Waals surface area contributed by atoms with Crippen molar-refractivity contribution < 1.29 is 19.5 Å². The number of amides is 3. The number of para-hydroxylation sites is 1. The van der Waals surface area contributed by atoms with Gasteiger partial charge in [-0.05, 0) is 42.5 Å². The number of carbonyl (C=O) groups excluding carboxylic acids is 2. The standard InChI is InChI=1S/C28H23N5O4/c1-37-25-7-3-2-6-22(25)18-30-28(35)32-26-16-23(27(34)33-36)15-24(31-26)21-12-10-19(11-13-21)8-9-20-5-4-14-29-17-20/h2-7,10-17,36H,18H2,1H3,(H,33,34)(H2,30,31,32,35). The van der Waals surface area contributed by atoms with Crippen LogP contribution in [0.5, 0.6) is 5.75 Å². The Morgan fingerprint density at radius 1 is 0.973 bits per heavy atom. The molecular weight excluding hydrogens is 470 g/mol. The van der Waals surface area contributed by atoms with Gasteiger partial charge in [-0.2, -0.15) is 0 Å². The summed E-state index contributed by atoms with van der Waals surface area (Å²) in [7, 11) is 1.56. The molecule has 0 saturated carbocycles. The molecule has 0 atom stereocenters.